The summed E-state index contributed by atoms with van der Waals surface area (Å²) in [5.41, 5.74) is 6.77. The molecule has 0 bridgehead atoms. The standard InChI is InChI=1S/C13H13FN2O2/c1-8-7-9(14)3-5-11(8)18-12-6-4-10(15)13(16-12)17-2/h3-7H,15H2,1-2H3. The average Bonchev–Trinajstić information content (AvgIpc) is 2.35. The Kier molecular flexibility index (Phi) is 3.32. The fourth-order valence-corrected chi connectivity index (χ4v) is 1.49. The van der Waals surface area contributed by atoms with Crippen LogP contribution in [0.4, 0.5) is 10.1 Å². The number of aryl methyl sites for hydroxylation is 1. The highest BCUT2D eigenvalue weighted by molar-refractivity contribution is 5.49. The highest BCUT2D eigenvalue weighted by atomic mass is 19.1. The first-order chi connectivity index (χ1) is 8.60. The molecule has 0 aliphatic rings. The summed E-state index contributed by atoms with van der Waals surface area (Å²) in [5.74, 6) is 0.876. The lowest BCUT2D eigenvalue weighted by molar-refractivity contribution is 0.385. The van der Waals surface area contributed by atoms with E-state index >= 15 is 0 Å². The van der Waals surface area contributed by atoms with Gasteiger partial charge in [0.2, 0.25) is 11.8 Å². The van der Waals surface area contributed by atoms with E-state index in [1.54, 1.807) is 25.1 Å². The van der Waals surface area contributed by atoms with Crippen LogP contribution in [0.25, 0.3) is 0 Å². The van der Waals surface area contributed by atoms with Gasteiger partial charge in [0.05, 0.1) is 12.8 Å². The van der Waals surface area contributed by atoms with E-state index in [1.165, 1.54) is 19.2 Å². The number of aromatic nitrogens is 1. The van der Waals surface area contributed by atoms with E-state index in [2.05, 4.69) is 4.98 Å². The number of benzene rings is 1. The zero-order valence-corrected chi connectivity index (χ0v) is 10.1. The Morgan fingerprint density at radius 3 is 2.67 bits per heavy atom. The first-order valence-electron chi connectivity index (χ1n) is 5.34. The number of methoxy groups -OCH3 is 1. The monoisotopic (exact) mass is 248 g/mol. The molecule has 0 radical (unpaired) electrons. The molecule has 94 valence electrons. The molecule has 2 N–H and O–H groups in total. The predicted octanol–water partition coefficient (Wildman–Crippen LogP) is 2.91. The summed E-state index contributed by atoms with van der Waals surface area (Å²) < 4.78 is 23.5. The van der Waals surface area contributed by atoms with Gasteiger partial charge in [-0.3, -0.25) is 0 Å². The molecule has 0 saturated heterocycles. The Hall–Kier alpha value is -2.30. The molecule has 2 rings (SSSR count). The second kappa shape index (κ2) is 4.91. The van der Waals surface area contributed by atoms with E-state index in [0.717, 1.165) is 0 Å². The molecule has 0 saturated carbocycles. The molecule has 0 amide bonds. The molecule has 0 atom stereocenters. The number of nitrogen functional groups attached to an aromatic ring is 1. The second-order valence-electron chi connectivity index (χ2n) is 3.76. The number of nitrogens with zero attached hydrogens (tertiary/aromatic N) is 1. The van der Waals surface area contributed by atoms with Crippen LogP contribution < -0.4 is 15.2 Å². The summed E-state index contributed by atoms with van der Waals surface area (Å²) in [5, 5.41) is 0. The molecule has 1 aromatic carbocycles. The van der Waals surface area contributed by atoms with Gasteiger partial charge in [-0.25, -0.2) is 4.39 Å². The third-order valence-electron chi connectivity index (χ3n) is 2.41. The van der Waals surface area contributed by atoms with Crippen molar-refractivity contribution in [1.29, 1.82) is 0 Å². The van der Waals surface area contributed by atoms with E-state index < -0.39 is 0 Å². The number of hydrogen-bond acceptors (Lipinski definition) is 4. The predicted molar refractivity (Wildman–Crippen MR) is 66.4 cm³/mol. The number of ether oxygens (including phenoxy) is 2. The fourth-order valence-electron chi connectivity index (χ4n) is 1.49. The zero-order chi connectivity index (χ0) is 13.1. The summed E-state index contributed by atoms with van der Waals surface area (Å²) in [6.45, 7) is 1.76. The van der Waals surface area contributed by atoms with Crippen molar-refractivity contribution in [1.82, 2.24) is 4.98 Å². The summed E-state index contributed by atoms with van der Waals surface area (Å²) in [6.07, 6.45) is 0. The molecule has 5 heteroatoms. The van der Waals surface area contributed by atoms with Crippen molar-refractivity contribution in [2.75, 3.05) is 12.8 Å². The number of rotatable bonds is 3. The van der Waals surface area contributed by atoms with Gasteiger partial charge in [-0.1, -0.05) is 0 Å². The maximum absolute atomic E-state index is 13.0. The minimum absolute atomic E-state index is 0.298. The first kappa shape index (κ1) is 12.2. The van der Waals surface area contributed by atoms with Crippen LogP contribution in [-0.4, -0.2) is 12.1 Å². The van der Waals surface area contributed by atoms with Crippen molar-refractivity contribution in [3.8, 4) is 17.5 Å². The van der Waals surface area contributed by atoms with Gasteiger partial charge in [0.15, 0.2) is 0 Å². The summed E-state index contributed by atoms with van der Waals surface area (Å²) in [7, 11) is 1.48. The highest BCUT2D eigenvalue weighted by Gasteiger charge is 2.07. The number of halogens is 1. The first-order valence-corrected chi connectivity index (χ1v) is 5.34. The highest BCUT2D eigenvalue weighted by Crippen LogP contribution is 2.27. The molecule has 4 nitrogen and oxygen atoms in total. The van der Waals surface area contributed by atoms with Gasteiger partial charge >= 0.3 is 0 Å². The Labute approximate surface area is 104 Å². The maximum atomic E-state index is 13.0. The van der Waals surface area contributed by atoms with Gasteiger partial charge in [-0.15, -0.1) is 0 Å². The van der Waals surface area contributed by atoms with E-state index in [9.17, 15) is 4.39 Å². The summed E-state index contributed by atoms with van der Waals surface area (Å²) in [4.78, 5) is 4.09. The molecule has 1 heterocycles. The second-order valence-corrected chi connectivity index (χ2v) is 3.76. The normalized spacial score (nSPS) is 10.2. The van der Waals surface area contributed by atoms with Crippen LogP contribution in [0.15, 0.2) is 30.3 Å². The van der Waals surface area contributed by atoms with Gasteiger partial charge in [0.25, 0.3) is 0 Å². The molecular weight excluding hydrogens is 235 g/mol. The largest absolute Gasteiger partial charge is 0.479 e. The number of nitrogens with two attached hydrogens (primary N) is 1. The van der Waals surface area contributed by atoms with Crippen molar-refractivity contribution < 1.29 is 13.9 Å². The van der Waals surface area contributed by atoms with E-state index in [-0.39, 0.29) is 5.82 Å². The minimum atomic E-state index is -0.303. The average molecular weight is 248 g/mol. The quantitative estimate of drug-likeness (QED) is 0.907. The number of pyridine rings is 1. The van der Waals surface area contributed by atoms with Crippen LogP contribution in [-0.2, 0) is 0 Å². The van der Waals surface area contributed by atoms with Crippen molar-refractivity contribution in [3.05, 3.63) is 41.7 Å². The van der Waals surface area contributed by atoms with Gasteiger partial charge in [-0.2, -0.15) is 4.98 Å². The third kappa shape index (κ3) is 2.51. The van der Waals surface area contributed by atoms with Gasteiger partial charge in [0.1, 0.15) is 11.6 Å². The third-order valence-corrected chi connectivity index (χ3v) is 2.41. The minimum Gasteiger partial charge on any atom is -0.479 e. The summed E-state index contributed by atoms with van der Waals surface area (Å²) in [6, 6.07) is 7.54. The van der Waals surface area contributed by atoms with Crippen LogP contribution in [0.3, 0.4) is 0 Å². The van der Waals surface area contributed by atoms with Crippen molar-refractivity contribution in [2.24, 2.45) is 0 Å². The van der Waals surface area contributed by atoms with Crippen LogP contribution in [0.1, 0.15) is 5.56 Å². The van der Waals surface area contributed by atoms with Crippen molar-refractivity contribution >= 4 is 5.69 Å². The zero-order valence-electron chi connectivity index (χ0n) is 10.1. The van der Waals surface area contributed by atoms with Gasteiger partial charge in [0, 0.05) is 6.07 Å². The van der Waals surface area contributed by atoms with Gasteiger partial charge < -0.3 is 15.2 Å². The van der Waals surface area contributed by atoms with Crippen LogP contribution in [0, 0.1) is 12.7 Å². The van der Waals surface area contributed by atoms with Gasteiger partial charge in [-0.05, 0) is 36.8 Å². The van der Waals surface area contributed by atoms with Crippen LogP contribution in [0.2, 0.25) is 0 Å². The maximum Gasteiger partial charge on any atom is 0.240 e. The van der Waals surface area contributed by atoms with Crippen molar-refractivity contribution in [2.45, 2.75) is 6.92 Å². The Bertz CT molecular complexity index is 573. The smallest absolute Gasteiger partial charge is 0.240 e. The van der Waals surface area contributed by atoms with E-state index in [0.29, 0.717) is 28.8 Å². The SMILES string of the molecule is COc1nc(Oc2ccc(F)cc2C)ccc1N. The molecule has 18 heavy (non-hydrogen) atoms. The van der Waals surface area contributed by atoms with Crippen LogP contribution in [0.5, 0.6) is 17.5 Å². The molecule has 0 aliphatic carbocycles. The lowest BCUT2D eigenvalue weighted by Crippen LogP contribution is -1.97. The number of anilines is 1. The molecule has 0 aliphatic heterocycles. The van der Waals surface area contributed by atoms with Crippen LogP contribution >= 0.6 is 0 Å². The molecule has 0 spiro atoms. The molecule has 0 fully saturated rings. The Balaban J connectivity index is 2.28. The lowest BCUT2D eigenvalue weighted by atomic mass is 10.2. The topological polar surface area (TPSA) is 57.4 Å². The fraction of sp³-hybridized carbons (Fsp3) is 0.154. The molecule has 1 aromatic heterocycles. The molecular formula is C13H13FN2O2. The molecule has 0 unspecified atom stereocenters. The van der Waals surface area contributed by atoms with E-state index in [1.807, 2.05) is 0 Å². The number of hydrogen-bond donors (Lipinski definition) is 1. The summed E-state index contributed by atoms with van der Waals surface area (Å²) >= 11 is 0. The molecule has 2 aromatic rings. The Morgan fingerprint density at radius 2 is 2.00 bits per heavy atom. The Morgan fingerprint density at radius 1 is 1.22 bits per heavy atom. The lowest BCUT2D eigenvalue weighted by Gasteiger charge is -2.09. The van der Waals surface area contributed by atoms with Crippen molar-refractivity contribution in [3.63, 3.8) is 0 Å². The van der Waals surface area contributed by atoms with E-state index in [4.69, 9.17) is 15.2 Å².